The fourth-order valence-electron chi connectivity index (χ4n) is 1.56. The molecule has 0 fully saturated rings. The van der Waals surface area contributed by atoms with Crippen LogP contribution in [0.4, 0.5) is 8.78 Å². The zero-order valence-corrected chi connectivity index (χ0v) is 12.5. The summed E-state index contributed by atoms with van der Waals surface area (Å²) in [5, 5.41) is 8.84. The minimum absolute atomic E-state index is 0.337. The van der Waals surface area contributed by atoms with Crippen molar-refractivity contribution in [3.8, 4) is 0 Å². The molecule has 0 aliphatic carbocycles. The van der Waals surface area contributed by atoms with E-state index >= 15 is 0 Å². The van der Waals surface area contributed by atoms with Crippen molar-refractivity contribution in [1.82, 2.24) is 0 Å². The van der Waals surface area contributed by atoms with E-state index in [1.54, 1.807) is 12.1 Å². The molecular formula is C14H9BrF2O2S. The summed E-state index contributed by atoms with van der Waals surface area (Å²) in [5.74, 6) is -2.10. The van der Waals surface area contributed by atoms with Gasteiger partial charge >= 0.3 is 5.97 Å². The van der Waals surface area contributed by atoms with Crippen LogP contribution in [0.2, 0.25) is 0 Å². The highest BCUT2D eigenvalue weighted by Gasteiger charge is 2.11. The van der Waals surface area contributed by atoms with E-state index in [1.165, 1.54) is 30.0 Å². The van der Waals surface area contributed by atoms with Crippen LogP contribution in [0.5, 0.6) is 0 Å². The molecule has 0 atom stereocenters. The van der Waals surface area contributed by atoms with Gasteiger partial charge in [-0.25, -0.2) is 13.6 Å². The summed E-state index contributed by atoms with van der Waals surface area (Å²) in [5.41, 5.74) is 0.116. The maximum atomic E-state index is 13.6. The summed E-state index contributed by atoms with van der Waals surface area (Å²) in [6.07, 6.45) is 0. The molecule has 0 saturated carbocycles. The minimum Gasteiger partial charge on any atom is -0.478 e. The number of hydrogen-bond donors (Lipinski definition) is 1. The van der Waals surface area contributed by atoms with Gasteiger partial charge < -0.3 is 5.11 Å². The molecule has 0 saturated heterocycles. The first-order chi connectivity index (χ1) is 9.47. The monoisotopic (exact) mass is 358 g/mol. The molecule has 0 radical (unpaired) electrons. The molecule has 0 amide bonds. The van der Waals surface area contributed by atoms with Crippen LogP contribution >= 0.6 is 27.7 Å². The molecule has 2 aromatic rings. The lowest BCUT2D eigenvalue weighted by Gasteiger charge is -2.05. The summed E-state index contributed by atoms with van der Waals surface area (Å²) >= 11 is 4.42. The van der Waals surface area contributed by atoms with E-state index < -0.39 is 11.8 Å². The van der Waals surface area contributed by atoms with Gasteiger partial charge in [-0.15, -0.1) is 11.8 Å². The Hall–Kier alpha value is -1.40. The molecule has 0 bridgehead atoms. The number of rotatable bonds is 4. The van der Waals surface area contributed by atoms with Crippen LogP contribution in [-0.2, 0) is 5.75 Å². The van der Waals surface area contributed by atoms with Crippen LogP contribution in [0.25, 0.3) is 0 Å². The van der Waals surface area contributed by atoms with E-state index in [2.05, 4.69) is 15.9 Å². The molecule has 0 unspecified atom stereocenters. The predicted molar refractivity (Wildman–Crippen MR) is 77.0 cm³/mol. The van der Waals surface area contributed by atoms with Crippen molar-refractivity contribution in [1.29, 1.82) is 0 Å². The third kappa shape index (κ3) is 3.58. The van der Waals surface area contributed by atoms with Gasteiger partial charge in [0.05, 0.1) is 5.56 Å². The Labute approximate surface area is 126 Å². The Morgan fingerprint density at radius 3 is 2.55 bits per heavy atom. The van der Waals surface area contributed by atoms with Crippen molar-refractivity contribution in [2.75, 3.05) is 0 Å². The van der Waals surface area contributed by atoms with Crippen molar-refractivity contribution in [3.63, 3.8) is 0 Å². The third-order valence-electron chi connectivity index (χ3n) is 2.58. The molecule has 104 valence electrons. The highest BCUT2D eigenvalue weighted by atomic mass is 79.9. The fourth-order valence-corrected chi connectivity index (χ4v) is 2.81. The third-order valence-corrected chi connectivity index (χ3v) is 4.11. The molecule has 2 aromatic carbocycles. The maximum Gasteiger partial charge on any atom is 0.338 e. The SMILES string of the molecule is O=C(O)c1cc(SCc2ccc(Br)cc2F)ccc1F. The highest BCUT2D eigenvalue weighted by Crippen LogP contribution is 2.27. The van der Waals surface area contributed by atoms with Gasteiger partial charge in [0.15, 0.2) is 0 Å². The van der Waals surface area contributed by atoms with Gasteiger partial charge in [-0.05, 0) is 35.9 Å². The van der Waals surface area contributed by atoms with Crippen LogP contribution in [0.1, 0.15) is 15.9 Å². The predicted octanol–water partition coefficient (Wildman–Crippen LogP) is 4.72. The van der Waals surface area contributed by atoms with Crippen molar-refractivity contribution in [2.45, 2.75) is 10.6 Å². The van der Waals surface area contributed by atoms with Gasteiger partial charge in [-0.2, -0.15) is 0 Å². The molecule has 0 heterocycles. The molecule has 0 spiro atoms. The second-order valence-corrected chi connectivity index (χ2v) is 5.94. The molecule has 1 N–H and O–H groups in total. The van der Waals surface area contributed by atoms with Gasteiger partial charge in [-0.3, -0.25) is 0 Å². The highest BCUT2D eigenvalue weighted by molar-refractivity contribution is 9.10. The number of aromatic carboxylic acids is 1. The molecule has 0 aliphatic heterocycles. The van der Waals surface area contributed by atoms with Crippen molar-refractivity contribution in [2.24, 2.45) is 0 Å². The quantitative estimate of drug-likeness (QED) is 0.803. The van der Waals surface area contributed by atoms with Crippen molar-refractivity contribution in [3.05, 3.63) is 63.6 Å². The Morgan fingerprint density at radius 1 is 1.15 bits per heavy atom. The fraction of sp³-hybridized carbons (Fsp3) is 0.0714. The van der Waals surface area contributed by atoms with Gasteiger partial charge in [0, 0.05) is 15.1 Å². The minimum atomic E-state index is -1.32. The Kier molecular flexibility index (Phi) is 4.77. The van der Waals surface area contributed by atoms with Crippen LogP contribution in [0, 0.1) is 11.6 Å². The number of carboxylic acids is 1. The lowest BCUT2D eigenvalue weighted by molar-refractivity contribution is 0.0691. The number of thioether (sulfide) groups is 1. The molecule has 0 aromatic heterocycles. The molecule has 6 heteroatoms. The second-order valence-electron chi connectivity index (χ2n) is 3.97. The first kappa shape index (κ1) is 15.0. The summed E-state index contributed by atoms with van der Waals surface area (Å²) in [6.45, 7) is 0. The van der Waals surface area contributed by atoms with Crippen molar-refractivity contribution < 1.29 is 18.7 Å². The molecule has 2 rings (SSSR count). The Bertz CT molecular complexity index is 662. The van der Waals surface area contributed by atoms with E-state index in [1.807, 2.05) is 0 Å². The maximum absolute atomic E-state index is 13.6. The Morgan fingerprint density at radius 2 is 1.90 bits per heavy atom. The van der Waals surface area contributed by atoms with E-state index in [9.17, 15) is 13.6 Å². The average Bonchev–Trinajstić information content (AvgIpc) is 2.39. The lowest BCUT2D eigenvalue weighted by atomic mass is 10.2. The number of halogens is 3. The zero-order chi connectivity index (χ0) is 14.7. The van der Waals surface area contributed by atoms with E-state index in [0.717, 1.165) is 6.07 Å². The first-order valence-electron chi connectivity index (χ1n) is 5.57. The molecule has 20 heavy (non-hydrogen) atoms. The zero-order valence-electron chi connectivity index (χ0n) is 10.1. The molecule has 0 aliphatic rings. The normalized spacial score (nSPS) is 10.6. The summed E-state index contributed by atoms with van der Waals surface area (Å²) in [6, 6.07) is 8.57. The number of hydrogen-bond acceptors (Lipinski definition) is 2. The van der Waals surface area contributed by atoms with Crippen molar-refractivity contribution >= 4 is 33.7 Å². The van der Waals surface area contributed by atoms with Gasteiger partial charge in [0.1, 0.15) is 11.6 Å². The second kappa shape index (κ2) is 6.37. The van der Waals surface area contributed by atoms with Gasteiger partial charge in [0.2, 0.25) is 0 Å². The molecule has 2 nitrogen and oxygen atoms in total. The van der Waals surface area contributed by atoms with Gasteiger partial charge in [0.25, 0.3) is 0 Å². The number of benzene rings is 2. The van der Waals surface area contributed by atoms with Crippen LogP contribution < -0.4 is 0 Å². The van der Waals surface area contributed by atoms with Gasteiger partial charge in [-0.1, -0.05) is 22.0 Å². The largest absolute Gasteiger partial charge is 0.478 e. The lowest BCUT2D eigenvalue weighted by Crippen LogP contribution is -2.00. The summed E-state index contributed by atoms with van der Waals surface area (Å²) < 4.78 is 27.5. The van der Waals surface area contributed by atoms with Crippen LogP contribution in [0.3, 0.4) is 0 Å². The number of carboxylic acid groups (broad SMARTS) is 1. The smallest absolute Gasteiger partial charge is 0.338 e. The first-order valence-corrected chi connectivity index (χ1v) is 7.35. The standard InChI is InChI=1S/C14H9BrF2O2S/c15-9-2-1-8(13(17)5-9)7-20-10-3-4-12(16)11(6-10)14(18)19/h1-6H,7H2,(H,18,19). The average molecular weight is 359 g/mol. The van der Waals surface area contributed by atoms with Crippen LogP contribution in [-0.4, -0.2) is 11.1 Å². The van der Waals surface area contributed by atoms with Crippen LogP contribution in [0.15, 0.2) is 45.8 Å². The van der Waals surface area contributed by atoms with E-state index in [0.29, 0.717) is 20.7 Å². The molecular weight excluding hydrogens is 350 g/mol. The van der Waals surface area contributed by atoms with E-state index in [4.69, 9.17) is 5.11 Å². The topological polar surface area (TPSA) is 37.3 Å². The summed E-state index contributed by atoms with van der Waals surface area (Å²) in [7, 11) is 0. The number of carbonyl (C=O) groups is 1. The van der Waals surface area contributed by atoms with E-state index in [-0.39, 0.29) is 11.4 Å². The summed E-state index contributed by atoms with van der Waals surface area (Å²) in [4.78, 5) is 11.4. The Balaban J connectivity index is 2.15.